The molecule has 1 aromatic rings. The Hall–Kier alpha value is -2.36. The molecule has 0 bridgehead atoms. The van der Waals surface area contributed by atoms with Crippen LogP contribution in [0.1, 0.15) is 70.3 Å². The molecule has 33 heavy (non-hydrogen) atoms. The van der Waals surface area contributed by atoms with Gasteiger partial charge in [-0.3, -0.25) is 9.59 Å². The summed E-state index contributed by atoms with van der Waals surface area (Å²) in [5.41, 5.74) is 6.72. The molecule has 4 nitrogen and oxygen atoms in total. The molecule has 5 aliphatic rings. The third-order valence-electron chi connectivity index (χ3n) is 9.82. The van der Waals surface area contributed by atoms with Crippen molar-refractivity contribution in [3.63, 3.8) is 0 Å². The normalized spacial score (nSPS) is 38.5. The van der Waals surface area contributed by atoms with E-state index >= 15 is 0 Å². The largest absolute Gasteiger partial charge is 0.458 e. The molecule has 0 saturated heterocycles. The summed E-state index contributed by atoms with van der Waals surface area (Å²) >= 11 is 0. The van der Waals surface area contributed by atoms with Gasteiger partial charge < -0.3 is 9.64 Å². The van der Waals surface area contributed by atoms with E-state index < -0.39 is 0 Å². The van der Waals surface area contributed by atoms with E-state index in [1.165, 1.54) is 28.8 Å². The molecule has 0 radical (unpaired) electrons. The molecule has 0 N–H and O–H groups in total. The minimum atomic E-state index is -0.264. The summed E-state index contributed by atoms with van der Waals surface area (Å²) in [4.78, 5) is 26.5. The van der Waals surface area contributed by atoms with E-state index in [0.717, 1.165) is 32.1 Å². The molecule has 0 aromatic heterocycles. The summed E-state index contributed by atoms with van der Waals surface area (Å²) < 4.78 is 6.16. The molecule has 3 saturated carbocycles. The van der Waals surface area contributed by atoms with Crippen molar-refractivity contribution in [2.45, 2.75) is 70.3 Å². The van der Waals surface area contributed by atoms with E-state index in [2.05, 4.69) is 50.2 Å². The number of nitrogens with zero attached hydrogens (tertiary/aromatic N) is 1. The lowest BCUT2D eigenvalue weighted by atomic mass is 9.51. The predicted octanol–water partition coefficient (Wildman–Crippen LogP) is 5.58. The minimum Gasteiger partial charge on any atom is -0.458 e. The molecular weight excluding hydrogens is 410 g/mol. The van der Waals surface area contributed by atoms with Crippen molar-refractivity contribution in [1.29, 1.82) is 0 Å². The lowest BCUT2D eigenvalue weighted by Gasteiger charge is -2.54. The summed E-state index contributed by atoms with van der Waals surface area (Å²) in [5, 5.41) is 0. The second-order valence-electron chi connectivity index (χ2n) is 11.6. The molecule has 6 atom stereocenters. The monoisotopic (exact) mass is 445 g/mol. The summed E-state index contributed by atoms with van der Waals surface area (Å²) in [6.07, 6.45) is 8.84. The molecule has 6 rings (SSSR count). The lowest BCUT2D eigenvalue weighted by molar-refractivity contribution is -0.161. The van der Waals surface area contributed by atoms with Gasteiger partial charge in [0, 0.05) is 50.4 Å². The topological polar surface area (TPSA) is 46.6 Å². The number of hydrogen-bond donors (Lipinski definition) is 0. The summed E-state index contributed by atoms with van der Waals surface area (Å²) in [6.45, 7) is 4.00. The number of benzene rings is 1. The molecule has 0 heterocycles. The van der Waals surface area contributed by atoms with E-state index in [-0.39, 0.29) is 22.8 Å². The number of ether oxygens (including phenoxy) is 1. The van der Waals surface area contributed by atoms with Crippen LogP contribution < -0.4 is 4.90 Å². The van der Waals surface area contributed by atoms with Crippen LogP contribution in [0.25, 0.3) is 0 Å². The van der Waals surface area contributed by atoms with Gasteiger partial charge in [-0.25, -0.2) is 0 Å². The van der Waals surface area contributed by atoms with Gasteiger partial charge >= 0.3 is 5.97 Å². The standard InChI is InChI=1S/C29H35NO3/c1-17(31)33-29-15-20(29)14-26-24-11-7-19-13-22(32)10-12-23(19)27(24)25(16-28(26,29)2)18-5-8-21(9-6-18)30(3)4/h5-6,8-9,13,20,24-26H,7,10-12,14-16H2,1-4H3/t20-,24-,25+,26-,28-,29?/m0/s1. The highest BCUT2D eigenvalue weighted by molar-refractivity contribution is 5.93. The Kier molecular flexibility index (Phi) is 4.54. The Morgan fingerprint density at radius 1 is 1.09 bits per heavy atom. The Morgan fingerprint density at radius 2 is 1.85 bits per heavy atom. The van der Waals surface area contributed by atoms with Crippen LogP contribution in [0.3, 0.4) is 0 Å². The molecular formula is C29H35NO3. The van der Waals surface area contributed by atoms with Crippen LogP contribution in [0.15, 0.2) is 47.1 Å². The van der Waals surface area contributed by atoms with Gasteiger partial charge in [0.1, 0.15) is 5.60 Å². The van der Waals surface area contributed by atoms with Gasteiger partial charge in [-0.15, -0.1) is 0 Å². The highest BCUT2D eigenvalue weighted by atomic mass is 16.6. The average Bonchev–Trinajstić information content (AvgIpc) is 3.42. The Balaban J connectivity index is 1.49. The average molecular weight is 446 g/mol. The van der Waals surface area contributed by atoms with Crippen molar-refractivity contribution in [3.8, 4) is 0 Å². The van der Waals surface area contributed by atoms with E-state index in [1.807, 2.05) is 6.08 Å². The van der Waals surface area contributed by atoms with Gasteiger partial charge in [-0.05, 0) is 85.3 Å². The smallest absolute Gasteiger partial charge is 0.303 e. The van der Waals surface area contributed by atoms with Gasteiger partial charge in [-0.2, -0.15) is 0 Å². The van der Waals surface area contributed by atoms with Crippen molar-refractivity contribution in [3.05, 3.63) is 52.6 Å². The number of ketones is 1. The van der Waals surface area contributed by atoms with Crippen molar-refractivity contribution in [2.75, 3.05) is 19.0 Å². The number of rotatable bonds is 3. The molecule has 0 spiro atoms. The zero-order valence-electron chi connectivity index (χ0n) is 20.3. The Morgan fingerprint density at radius 3 is 2.55 bits per heavy atom. The highest BCUT2D eigenvalue weighted by Crippen LogP contribution is 2.77. The van der Waals surface area contributed by atoms with Crippen LogP contribution in [0.5, 0.6) is 0 Å². The fourth-order valence-electron chi connectivity index (χ4n) is 8.32. The zero-order chi connectivity index (χ0) is 23.1. The second-order valence-corrected chi connectivity index (χ2v) is 11.6. The second kappa shape index (κ2) is 7.07. The number of allylic oxidation sites excluding steroid dienone is 4. The number of fused-ring (bicyclic) bond motifs is 6. The highest BCUT2D eigenvalue weighted by Gasteiger charge is 2.77. The number of anilines is 1. The predicted molar refractivity (Wildman–Crippen MR) is 129 cm³/mol. The van der Waals surface area contributed by atoms with Crippen LogP contribution in [-0.2, 0) is 14.3 Å². The van der Waals surface area contributed by atoms with Crippen LogP contribution in [0.2, 0.25) is 0 Å². The van der Waals surface area contributed by atoms with E-state index in [0.29, 0.717) is 30.1 Å². The molecule has 1 unspecified atom stereocenters. The Bertz CT molecular complexity index is 1100. The maximum atomic E-state index is 12.2. The molecule has 1 aromatic carbocycles. The van der Waals surface area contributed by atoms with Gasteiger partial charge in [0.25, 0.3) is 0 Å². The molecule has 4 heteroatoms. The van der Waals surface area contributed by atoms with Crippen LogP contribution in [0.4, 0.5) is 5.69 Å². The summed E-state index contributed by atoms with van der Waals surface area (Å²) in [6, 6.07) is 9.06. The fourth-order valence-corrected chi connectivity index (χ4v) is 8.32. The summed E-state index contributed by atoms with van der Waals surface area (Å²) in [7, 11) is 4.15. The molecule has 0 aliphatic heterocycles. The lowest BCUT2D eigenvalue weighted by Crippen LogP contribution is -2.49. The van der Waals surface area contributed by atoms with Crippen LogP contribution in [-0.4, -0.2) is 31.4 Å². The van der Waals surface area contributed by atoms with Crippen molar-refractivity contribution >= 4 is 17.4 Å². The van der Waals surface area contributed by atoms with Crippen LogP contribution in [0, 0.1) is 23.2 Å². The number of esters is 1. The maximum absolute atomic E-state index is 12.2. The Labute approximate surface area is 197 Å². The first kappa shape index (κ1) is 21.2. The molecule has 0 amide bonds. The van der Waals surface area contributed by atoms with E-state index in [4.69, 9.17) is 4.74 Å². The van der Waals surface area contributed by atoms with Crippen molar-refractivity contribution < 1.29 is 14.3 Å². The number of hydrogen-bond acceptors (Lipinski definition) is 4. The minimum absolute atomic E-state index is 0.00858. The van der Waals surface area contributed by atoms with Gasteiger partial charge in [0.05, 0.1) is 0 Å². The van der Waals surface area contributed by atoms with Gasteiger partial charge in [0.2, 0.25) is 0 Å². The third kappa shape index (κ3) is 2.95. The van der Waals surface area contributed by atoms with Crippen molar-refractivity contribution in [2.24, 2.45) is 23.2 Å². The molecule has 174 valence electrons. The quantitative estimate of drug-likeness (QED) is 0.570. The SMILES string of the molecule is CC(=O)OC12C[C@@H]1C[C@H]1[C@@H]3CCC4=CC(=O)CCC4=C3[C@@H](c3ccc(N(C)C)cc3)C[C@@]12C. The van der Waals surface area contributed by atoms with Gasteiger partial charge in [0.15, 0.2) is 5.78 Å². The zero-order valence-corrected chi connectivity index (χ0v) is 20.3. The van der Waals surface area contributed by atoms with E-state index in [1.54, 1.807) is 12.5 Å². The fraction of sp³-hybridized carbons (Fsp3) is 0.586. The van der Waals surface area contributed by atoms with E-state index in [9.17, 15) is 9.59 Å². The number of carbonyl (C=O) groups is 2. The summed E-state index contributed by atoms with van der Waals surface area (Å²) in [5.74, 6) is 2.09. The van der Waals surface area contributed by atoms with Crippen molar-refractivity contribution in [1.82, 2.24) is 0 Å². The number of carbonyl (C=O) groups excluding carboxylic acids is 2. The molecule has 5 aliphatic carbocycles. The van der Waals surface area contributed by atoms with Gasteiger partial charge in [-0.1, -0.05) is 24.6 Å². The first-order chi connectivity index (χ1) is 15.7. The first-order valence-corrected chi connectivity index (χ1v) is 12.7. The third-order valence-corrected chi connectivity index (χ3v) is 9.82. The molecule has 3 fully saturated rings. The first-order valence-electron chi connectivity index (χ1n) is 12.7. The van der Waals surface area contributed by atoms with Crippen LogP contribution >= 0.6 is 0 Å². The maximum Gasteiger partial charge on any atom is 0.303 e.